The van der Waals surface area contributed by atoms with E-state index in [9.17, 15) is 10.1 Å². The molecule has 0 fully saturated rings. The number of rotatable bonds is 7. The van der Waals surface area contributed by atoms with Crippen molar-refractivity contribution in [3.05, 3.63) is 106 Å². The largest absolute Gasteiger partial charge is 0.489 e. The molecule has 32 heavy (non-hydrogen) atoms. The summed E-state index contributed by atoms with van der Waals surface area (Å²) in [5.74, 6) is 0.344. The van der Waals surface area contributed by atoms with Crippen LogP contribution in [0.25, 0.3) is 6.08 Å². The Morgan fingerprint density at radius 3 is 2.25 bits per heavy atom. The quantitative estimate of drug-likeness (QED) is 0.375. The molecule has 3 rings (SSSR count). The second-order valence-corrected chi connectivity index (χ2v) is 8.01. The van der Waals surface area contributed by atoms with Crippen LogP contribution in [0.5, 0.6) is 5.75 Å². The maximum Gasteiger partial charge on any atom is 0.262 e. The van der Waals surface area contributed by atoms with Gasteiger partial charge in [0.2, 0.25) is 0 Å². The SMILES string of the molecule is Cc1cc(C)c(COc2ccc(/C=C(\C#N)C(=O)N[C@H](C)c3ccccc3)cc2)c(C)c1. The Bertz CT molecular complexity index is 1130. The van der Waals surface area contributed by atoms with E-state index in [2.05, 4.69) is 38.2 Å². The highest BCUT2D eigenvalue weighted by molar-refractivity contribution is 6.01. The predicted octanol–water partition coefficient (Wildman–Crippen LogP) is 5.98. The predicted molar refractivity (Wildman–Crippen MR) is 128 cm³/mol. The van der Waals surface area contributed by atoms with Gasteiger partial charge in [0.1, 0.15) is 24.0 Å². The molecule has 1 atom stereocenters. The summed E-state index contributed by atoms with van der Waals surface area (Å²) in [4.78, 5) is 12.5. The van der Waals surface area contributed by atoms with Crippen molar-refractivity contribution < 1.29 is 9.53 Å². The smallest absolute Gasteiger partial charge is 0.262 e. The van der Waals surface area contributed by atoms with Crippen LogP contribution in [0.1, 0.15) is 46.3 Å². The van der Waals surface area contributed by atoms with Crippen LogP contribution in [0.15, 0.2) is 72.3 Å². The molecule has 0 unspecified atom stereocenters. The molecular weight excluding hydrogens is 396 g/mol. The summed E-state index contributed by atoms with van der Waals surface area (Å²) in [6, 6.07) is 23.2. The maximum atomic E-state index is 12.5. The molecule has 0 aliphatic carbocycles. The number of nitriles is 1. The van der Waals surface area contributed by atoms with Crippen LogP contribution in [0.4, 0.5) is 0 Å². The van der Waals surface area contributed by atoms with E-state index < -0.39 is 5.91 Å². The Morgan fingerprint density at radius 2 is 1.66 bits per heavy atom. The fourth-order valence-corrected chi connectivity index (χ4v) is 3.67. The zero-order valence-electron chi connectivity index (χ0n) is 19.0. The van der Waals surface area contributed by atoms with Gasteiger partial charge in [-0.25, -0.2) is 0 Å². The molecule has 0 aliphatic heterocycles. The highest BCUT2D eigenvalue weighted by atomic mass is 16.5. The summed E-state index contributed by atoms with van der Waals surface area (Å²) in [6.07, 6.45) is 1.59. The molecule has 0 aromatic heterocycles. The monoisotopic (exact) mass is 424 g/mol. The van der Waals surface area contributed by atoms with Gasteiger partial charge >= 0.3 is 0 Å². The number of carbonyl (C=O) groups is 1. The van der Waals surface area contributed by atoms with Crippen LogP contribution >= 0.6 is 0 Å². The zero-order chi connectivity index (χ0) is 23.1. The summed E-state index contributed by atoms with van der Waals surface area (Å²) in [6.45, 7) is 8.68. The number of ether oxygens (including phenoxy) is 1. The summed E-state index contributed by atoms with van der Waals surface area (Å²) in [5, 5.41) is 12.4. The minimum Gasteiger partial charge on any atom is -0.489 e. The van der Waals surface area contributed by atoms with Gasteiger partial charge in [-0.15, -0.1) is 0 Å². The number of amides is 1. The third-order valence-corrected chi connectivity index (χ3v) is 5.43. The number of nitrogens with zero attached hydrogens (tertiary/aromatic N) is 1. The minimum atomic E-state index is -0.394. The van der Waals surface area contributed by atoms with Crippen molar-refractivity contribution in [2.24, 2.45) is 0 Å². The minimum absolute atomic E-state index is 0.0624. The number of carbonyl (C=O) groups excluding carboxylic acids is 1. The van der Waals surface area contributed by atoms with Gasteiger partial charge in [0.25, 0.3) is 5.91 Å². The van der Waals surface area contributed by atoms with Crippen LogP contribution < -0.4 is 10.1 Å². The van der Waals surface area contributed by atoms with Gasteiger partial charge in [0, 0.05) is 0 Å². The molecule has 162 valence electrons. The number of benzene rings is 3. The second-order valence-electron chi connectivity index (χ2n) is 8.01. The molecule has 4 nitrogen and oxygen atoms in total. The van der Waals surface area contributed by atoms with Gasteiger partial charge < -0.3 is 10.1 Å². The molecule has 0 saturated heterocycles. The molecule has 1 amide bonds. The average Bonchev–Trinajstić information content (AvgIpc) is 2.78. The van der Waals surface area contributed by atoms with Crippen LogP contribution in [0.3, 0.4) is 0 Å². The van der Waals surface area contributed by atoms with Gasteiger partial charge in [0.05, 0.1) is 6.04 Å². The molecular formula is C28H28N2O2. The fraction of sp³-hybridized carbons (Fsp3) is 0.214. The van der Waals surface area contributed by atoms with E-state index in [0.29, 0.717) is 6.61 Å². The van der Waals surface area contributed by atoms with Crippen molar-refractivity contribution in [2.45, 2.75) is 40.3 Å². The molecule has 0 radical (unpaired) electrons. The van der Waals surface area contributed by atoms with Crippen molar-refractivity contribution >= 4 is 12.0 Å². The molecule has 0 heterocycles. The third kappa shape index (κ3) is 5.86. The highest BCUT2D eigenvalue weighted by Gasteiger charge is 2.13. The van der Waals surface area contributed by atoms with Crippen molar-refractivity contribution in [1.29, 1.82) is 5.26 Å². The molecule has 1 N–H and O–H groups in total. The first-order valence-corrected chi connectivity index (χ1v) is 10.6. The van der Waals surface area contributed by atoms with Crippen LogP contribution in [-0.2, 0) is 11.4 Å². The van der Waals surface area contributed by atoms with Crippen molar-refractivity contribution in [1.82, 2.24) is 5.32 Å². The first-order chi connectivity index (χ1) is 15.4. The number of nitrogens with one attached hydrogen (secondary N) is 1. The molecule has 0 aliphatic rings. The van der Waals surface area contributed by atoms with Crippen molar-refractivity contribution in [2.75, 3.05) is 0 Å². The lowest BCUT2D eigenvalue weighted by Gasteiger charge is -2.14. The lowest BCUT2D eigenvalue weighted by atomic mass is 10.0. The van der Waals surface area contributed by atoms with Crippen LogP contribution in [0, 0.1) is 32.1 Å². The van der Waals surface area contributed by atoms with Gasteiger partial charge in [-0.3, -0.25) is 4.79 Å². The normalized spacial score (nSPS) is 12.0. The van der Waals surface area contributed by atoms with E-state index in [0.717, 1.165) is 16.9 Å². The Labute approximate surface area is 190 Å². The van der Waals surface area contributed by atoms with E-state index >= 15 is 0 Å². The van der Waals surface area contributed by atoms with Crippen LogP contribution in [0.2, 0.25) is 0 Å². The van der Waals surface area contributed by atoms with E-state index in [-0.39, 0.29) is 11.6 Å². The van der Waals surface area contributed by atoms with Gasteiger partial charge in [-0.1, -0.05) is 60.2 Å². The van der Waals surface area contributed by atoms with Gasteiger partial charge in [-0.2, -0.15) is 5.26 Å². The molecule has 0 saturated carbocycles. The number of hydrogen-bond acceptors (Lipinski definition) is 3. The summed E-state index contributed by atoms with van der Waals surface area (Å²) in [5.41, 5.74) is 6.68. The van der Waals surface area contributed by atoms with Gasteiger partial charge in [-0.05, 0) is 73.7 Å². The van der Waals surface area contributed by atoms with E-state index in [4.69, 9.17) is 4.74 Å². The topological polar surface area (TPSA) is 62.1 Å². The average molecular weight is 425 g/mol. The Hall–Kier alpha value is -3.84. The standard InChI is InChI=1S/C28H28N2O2/c1-19-14-20(2)27(21(3)15-19)18-32-26-12-10-23(11-13-26)16-25(17-29)28(31)30-22(4)24-8-6-5-7-9-24/h5-16,22H,18H2,1-4H3,(H,30,31)/b25-16+/t22-/m1/s1. The molecule has 4 heteroatoms. The molecule has 0 spiro atoms. The Kier molecular flexibility index (Phi) is 7.46. The molecule has 3 aromatic carbocycles. The number of hydrogen-bond donors (Lipinski definition) is 1. The van der Waals surface area contributed by atoms with Crippen molar-refractivity contribution in [3.8, 4) is 11.8 Å². The second kappa shape index (κ2) is 10.5. The third-order valence-electron chi connectivity index (χ3n) is 5.43. The zero-order valence-corrected chi connectivity index (χ0v) is 19.0. The number of aryl methyl sites for hydroxylation is 3. The van der Waals surface area contributed by atoms with Crippen molar-refractivity contribution in [3.63, 3.8) is 0 Å². The van der Waals surface area contributed by atoms with Crippen LogP contribution in [-0.4, -0.2) is 5.91 Å². The van der Waals surface area contributed by atoms with Gasteiger partial charge in [0.15, 0.2) is 0 Å². The van der Waals surface area contributed by atoms with E-state index in [1.807, 2.05) is 67.6 Å². The summed E-state index contributed by atoms with van der Waals surface area (Å²) < 4.78 is 5.96. The lowest BCUT2D eigenvalue weighted by Crippen LogP contribution is -2.27. The van der Waals surface area contributed by atoms with E-state index in [1.54, 1.807) is 6.08 Å². The summed E-state index contributed by atoms with van der Waals surface area (Å²) in [7, 11) is 0. The first-order valence-electron chi connectivity index (χ1n) is 10.6. The summed E-state index contributed by atoms with van der Waals surface area (Å²) >= 11 is 0. The van der Waals surface area contributed by atoms with E-state index in [1.165, 1.54) is 22.3 Å². The Balaban J connectivity index is 1.65. The fourth-order valence-electron chi connectivity index (χ4n) is 3.67. The molecule has 0 bridgehead atoms. The Morgan fingerprint density at radius 1 is 1.03 bits per heavy atom. The first kappa shape index (κ1) is 22.8. The maximum absolute atomic E-state index is 12.5. The lowest BCUT2D eigenvalue weighted by molar-refractivity contribution is -0.117. The highest BCUT2D eigenvalue weighted by Crippen LogP contribution is 2.21. The molecule has 3 aromatic rings.